The lowest BCUT2D eigenvalue weighted by atomic mass is 10.2. The summed E-state index contributed by atoms with van der Waals surface area (Å²) in [6.45, 7) is 1.79. The van der Waals surface area contributed by atoms with Crippen molar-refractivity contribution in [1.82, 2.24) is 24.8 Å². The van der Waals surface area contributed by atoms with Crippen LogP contribution in [0.3, 0.4) is 0 Å². The second kappa shape index (κ2) is 7.99. The Morgan fingerprint density at radius 3 is 2.74 bits per heavy atom. The van der Waals surface area contributed by atoms with Crippen LogP contribution in [0.1, 0.15) is 33.9 Å². The lowest BCUT2D eigenvalue weighted by Gasteiger charge is -2.11. The van der Waals surface area contributed by atoms with E-state index >= 15 is 0 Å². The minimum Gasteiger partial charge on any atom is -0.343 e. The number of aryl methyl sites for hydroxylation is 1. The van der Waals surface area contributed by atoms with Crippen molar-refractivity contribution in [1.29, 1.82) is 0 Å². The highest BCUT2D eigenvalue weighted by Crippen LogP contribution is 2.32. The highest BCUT2D eigenvalue weighted by atomic mass is 32.1. The van der Waals surface area contributed by atoms with Gasteiger partial charge in [0.25, 0.3) is 5.91 Å². The lowest BCUT2D eigenvalue weighted by Crippen LogP contribution is -2.26. The summed E-state index contributed by atoms with van der Waals surface area (Å²) in [4.78, 5) is 25.9. The number of anilines is 2. The van der Waals surface area contributed by atoms with Gasteiger partial charge < -0.3 is 15.2 Å². The summed E-state index contributed by atoms with van der Waals surface area (Å²) < 4.78 is 40.4. The molecule has 0 bridgehead atoms. The normalized spacial score (nSPS) is 12.7. The summed E-state index contributed by atoms with van der Waals surface area (Å²) in [5, 5.41) is 6.15. The van der Waals surface area contributed by atoms with Gasteiger partial charge in [-0.05, 0) is 31.2 Å². The van der Waals surface area contributed by atoms with E-state index in [4.69, 9.17) is 0 Å². The van der Waals surface area contributed by atoms with Gasteiger partial charge in [-0.2, -0.15) is 13.2 Å². The van der Waals surface area contributed by atoms with Crippen LogP contribution in [0, 0.1) is 0 Å². The van der Waals surface area contributed by atoms with E-state index in [0.717, 1.165) is 22.5 Å². The molecule has 0 spiro atoms. The van der Waals surface area contributed by atoms with Gasteiger partial charge in [-0.25, -0.2) is 15.0 Å². The van der Waals surface area contributed by atoms with Gasteiger partial charge in [-0.1, -0.05) is 17.4 Å². The van der Waals surface area contributed by atoms with Crippen LogP contribution in [0.15, 0.2) is 49.1 Å². The van der Waals surface area contributed by atoms with Crippen molar-refractivity contribution >= 4 is 39.1 Å². The summed E-state index contributed by atoms with van der Waals surface area (Å²) in [6, 6.07) is 6.18. The van der Waals surface area contributed by atoms with Crippen molar-refractivity contribution in [2.75, 3.05) is 5.32 Å². The smallest absolute Gasteiger partial charge is 0.343 e. The first kappa shape index (κ1) is 20.8. The van der Waals surface area contributed by atoms with E-state index in [9.17, 15) is 18.0 Å². The van der Waals surface area contributed by atoms with E-state index in [2.05, 4.69) is 25.6 Å². The molecule has 0 aliphatic carbocycles. The number of hydrogen-bond acceptors (Lipinski definition) is 6. The van der Waals surface area contributed by atoms with Crippen LogP contribution in [-0.4, -0.2) is 25.4 Å². The molecule has 1 atom stereocenters. The Morgan fingerprint density at radius 2 is 1.97 bits per heavy atom. The number of amides is 1. The molecule has 0 saturated carbocycles. The van der Waals surface area contributed by atoms with Crippen LogP contribution >= 0.6 is 11.3 Å². The van der Waals surface area contributed by atoms with Crippen molar-refractivity contribution in [2.45, 2.75) is 19.1 Å². The fraction of sp³-hybridized carbons (Fsp3) is 0.200. The maximum Gasteiger partial charge on any atom is 0.416 e. The predicted octanol–water partition coefficient (Wildman–Crippen LogP) is 4.68. The highest BCUT2D eigenvalue weighted by Gasteiger charge is 2.30. The number of carbonyl (C=O) groups is 1. The number of nitrogens with one attached hydrogen (secondary N) is 2. The van der Waals surface area contributed by atoms with Gasteiger partial charge >= 0.3 is 6.18 Å². The average molecular weight is 446 g/mol. The van der Waals surface area contributed by atoms with Gasteiger partial charge in [0.15, 0.2) is 5.13 Å². The van der Waals surface area contributed by atoms with Crippen molar-refractivity contribution in [3.05, 3.63) is 65.2 Å². The van der Waals surface area contributed by atoms with Gasteiger partial charge in [0.2, 0.25) is 0 Å². The number of aromatic nitrogens is 4. The second-order valence-corrected chi connectivity index (χ2v) is 7.94. The van der Waals surface area contributed by atoms with Crippen LogP contribution in [0.25, 0.3) is 11.0 Å². The van der Waals surface area contributed by atoms with Crippen LogP contribution < -0.4 is 10.6 Å². The molecule has 160 valence electrons. The molecule has 0 fully saturated rings. The third-order valence-corrected chi connectivity index (χ3v) is 5.68. The predicted molar refractivity (Wildman–Crippen MR) is 111 cm³/mol. The number of hydrogen-bond donors (Lipinski definition) is 2. The topological polar surface area (TPSA) is 84.7 Å². The summed E-state index contributed by atoms with van der Waals surface area (Å²) in [7, 11) is 1.83. The molecule has 0 aliphatic heterocycles. The zero-order valence-corrected chi connectivity index (χ0v) is 17.3. The number of pyridine rings is 1. The number of carbonyl (C=O) groups excluding carboxylic acids is 1. The molecule has 7 nitrogen and oxygen atoms in total. The van der Waals surface area contributed by atoms with Crippen molar-refractivity contribution in [3.63, 3.8) is 0 Å². The highest BCUT2D eigenvalue weighted by molar-refractivity contribution is 7.15. The first-order valence-electron chi connectivity index (χ1n) is 9.18. The summed E-state index contributed by atoms with van der Waals surface area (Å²) in [5.74, 6) is -0.351. The molecule has 2 N–H and O–H groups in total. The van der Waals surface area contributed by atoms with Gasteiger partial charge in [-0.15, -0.1) is 0 Å². The van der Waals surface area contributed by atoms with Gasteiger partial charge in [0, 0.05) is 23.8 Å². The van der Waals surface area contributed by atoms with Crippen LogP contribution in [-0.2, 0) is 13.2 Å². The number of benzene rings is 1. The Kier molecular flexibility index (Phi) is 5.36. The lowest BCUT2D eigenvalue weighted by molar-refractivity contribution is -0.137. The van der Waals surface area contributed by atoms with Gasteiger partial charge in [0.05, 0.1) is 29.6 Å². The van der Waals surface area contributed by atoms with Crippen molar-refractivity contribution in [3.8, 4) is 0 Å². The molecule has 0 radical (unpaired) electrons. The summed E-state index contributed by atoms with van der Waals surface area (Å²) >= 11 is 1.24. The molecular formula is C20H17F3N6OS. The molecule has 1 amide bonds. The molecule has 4 rings (SSSR count). The second-order valence-electron chi connectivity index (χ2n) is 6.88. The quantitative estimate of drug-likeness (QED) is 0.465. The Bertz CT molecular complexity index is 1250. The molecule has 3 heterocycles. The molecule has 4 aromatic rings. The number of nitrogens with zero attached hydrogens (tertiary/aromatic N) is 4. The van der Waals surface area contributed by atoms with E-state index in [-0.39, 0.29) is 23.3 Å². The number of alkyl halides is 3. The van der Waals surface area contributed by atoms with E-state index in [1.54, 1.807) is 36.3 Å². The fourth-order valence-electron chi connectivity index (χ4n) is 2.94. The van der Waals surface area contributed by atoms with Crippen LogP contribution in [0.4, 0.5) is 24.0 Å². The van der Waals surface area contributed by atoms with Crippen molar-refractivity contribution < 1.29 is 18.0 Å². The maximum atomic E-state index is 12.9. The van der Waals surface area contributed by atoms with Gasteiger partial charge in [-0.3, -0.25) is 4.79 Å². The Balaban J connectivity index is 1.44. The molecule has 11 heteroatoms. The molecule has 0 saturated heterocycles. The van der Waals surface area contributed by atoms with Crippen LogP contribution in [0.5, 0.6) is 0 Å². The van der Waals surface area contributed by atoms with E-state index in [0.29, 0.717) is 10.6 Å². The minimum absolute atomic E-state index is 0.259. The van der Waals surface area contributed by atoms with E-state index in [1.165, 1.54) is 23.5 Å². The van der Waals surface area contributed by atoms with E-state index < -0.39 is 11.7 Å². The molecule has 3 aromatic heterocycles. The molecule has 1 unspecified atom stereocenters. The SMILES string of the molecule is CC(NC(=O)c1cc2c(cn1)ncn2C)c1cnc(Nc2cccc(C(F)(F)F)c2)s1. The average Bonchev–Trinajstić information content (AvgIpc) is 3.34. The third kappa shape index (κ3) is 4.50. The monoisotopic (exact) mass is 446 g/mol. The number of imidazole rings is 1. The largest absolute Gasteiger partial charge is 0.416 e. The number of fused-ring (bicyclic) bond motifs is 1. The molecule has 0 aliphatic rings. The summed E-state index contributed by atoms with van der Waals surface area (Å²) in [6.07, 6.45) is 0.339. The van der Waals surface area contributed by atoms with E-state index in [1.807, 2.05) is 7.05 Å². The first-order valence-corrected chi connectivity index (χ1v) is 10.0. The molecule has 31 heavy (non-hydrogen) atoms. The fourth-order valence-corrected chi connectivity index (χ4v) is 3.78. The standard InChI is InChI=1S/C20H17F3N6OS/c1-11(27-18(30)14-7-16-15(8-24-14)26-10-29(16)2)17-9-25-19(31-17)28-13-5-3-4-12(6-13)20(21,22)23/h3-11H,1-2H3,(H,25,28)(H,27,30). The zero-order valence-electron chi connectivity index (χ0n) is 16.4. The number of rotatable bonds is 5. The minimum atomic E-state index is -4.42. The Hall–Kier alpha value is -3.47. The first-order chi connectivity index (χ1) is 14.7. The van der Waals surface area contributed by atoms with Crippen molar-refractivity contribution in [2.24, 2.45) is 7.05 Å². The van der Waals surface area contributed by atoms with Gasteiger partial charge in [0.1, 0.15) is 11.2 Å². The summed E-state index contributed by atoms with van der Waals surface area (Å²) in [5.41, 5.74) is 1.28. The number of halogens is 3. The molecule has 1 aromatic carbocycles. The maximum absolute atomic E-state index is 12.9. The Labute approximate surface area is 179 Å². The van der Waals surface area contributed by atoms with Crippen LogP contribution in [0.2, 0.25) is 0 Å². The molecular weight excluding hydrogens is 429 g/mol. The number of thiazole rings is 1. The zero-order chi connectivity index (χ0) is 22.2. The third-order valence-electron chi connectivity index (χ3n) is 4.58. The Morgan fingerprint density at radius 1 is 1.16 bits per heavy atom.